The molecule has 2 saturated heterocycles. The van der Waals surface area contributed by atoms with Crippen LogP contribution in [0.1, 0.15) is 42.8 Å². The van der Waals surface area contributed by atoms with Gasteiger partial charge in [0, 0.05) is 52.0 Å². The van der Waals surface area contributed by atoms with E-state index in [1.54, 1.807) is 12.1 Å². The lowest BCUT2D eigenvalue weighted by atomic mass is 9.99. The lowest BCUT2D eigenvalue weighted by molar-refractivity contribution is 0.0657. The minimum atomic E-state index is -0.0501. The summed E-state index contributed by atoms with van der Waals surface area (Å²) in [4.78, 5) is 28.4. The number of guanidine groups is 1. The molecule has 8 nitrogen and oxygen atoms in total. The van der Waals surface area contributed by atoms with Crippen LogP contribution in [0.4, 0.5) is 5.82 Å². The van der Waals surface area contributed by atoms with E-state index in [4.69, 9.17) is 9.41 Å². The number of aromatic nitrogens is 1. The van der Waals surface area contributed by atoms with Gasteiger partial charge in [0.2, 0.25) is 0 Å². The van der Waals surface area contributed by atoms with Crippen LogP contribution in [-0.2, 0) is 6.54 Å². The predicted octanol–water partition coefficient (Wildman–Crippen LogP) is 3.45. The van der Waals surface area contributed by atoms with Gasteiger partial charge >= 0.3 is 0 Å². The minimum Gasteiger partial charge on any atom is -0.459 e. The molecule has 0 radical (unpaired) electrons. The number of hydrogen-bond acceptors (Lipinski definition) is 5. The van der Waals surface area contributed by atoms with Gasteiger partial charge in [-0.1, -0.05) is 13.0 Å². The number of hydrogen-bond donors (Lipinski definition) is 1. The molecule has 180 valence electrons. The van der Waals surface area contributed by atoms with Crippen molar-refractivity contribution in [3.8, 4) is 0 Å². The minimum absolute atomic E-state index is 0. The molecule has 2 aliphatic heterocycles. The van der Waals surface area contributed by atoms with E-state index in [9.17, 15) is 4.79 Å². The van der Waals surface area contributed by atoms with Crippen LogP contribution in [0.5, 0.6) is 0 Å². The van der Waals surface area contributed by atoms with Crippen molar-refractivity contribution in [2.75, 3.05) is 50.7 Å². The van der Waals surface area contributed by atoms with Gasteiger partial charge in [0.15, 0.2) is 11.7 Å². The summed E-state index contributed by atoms with van der Waals surface area (Å²) in [5.41, 5.74) is 1.10. The zero-order valence-electron chi connectivity index (χ0n) is 19.6. The number of nitrogens with zero attached hydrogens (tertiary/aromatic N) is 5. The second-order valence-corrected chi connectivity index (χ2v) is 8.62. The molecule has 4 rings (SSSR count). The first-order valence-corrected chi connectivity index (χ1v) is 11.7. The summed E-state index contributed by atoms with van der Waals surface area (Å²) in [5.74, 6) is 3.11. The zero-order valence-corrected chi connectivity index (χ0v) is 21.9. The molecule has 2 fully saturated rings. The molecular weight excluding hydrogens is 531 g/mol. The molecule has 0 spiro atoms. The number of furan rings is 1. The van der Waals surface area contributed by atoms with E-state index in [0.717, 1.165) is 56.0 Å². The fourth-order valence-electron chi connectivity index (χ4n) is 4.20. The number of piperidine rings is 1. The van der Waals surface area contributed by atoms with E-state index in [1.165, 1.54) is 19.1 Å². The molecule has 4 heterocycles. The molecule has 0 aliphatic carbocycles. The van der Waals surface area contributed by atoms with Gasteiger partial charge in [-0.25, -0.2) is 9.98 Å². The normalized spacial score (nSPS) is 17.6. The standard InChI is InChI=1S/C24H34N6O2.HI/c1-3-25-24(30-14-12-29(13-15-30)23(31)21-5-4-16-32-21)27-18-20-6-7-22(26-17-20)28-10-8-19(2)9-11-28;/h4-7,16-17,19H,3,8-15,18H2,1-2H3,(H,25,27);1H. The van der Waals surface area contributed by atoms with Crippen LogP contribution in [0.2, 0.25) is 0 Å². The van der Waals surface area contributed by atoms with Crippen LogP contribution in [0.3, 0.4) is 0 Å². The Kier molecular flexibility index (Phi) is 9.40. The molecule has 0 atom stereocenters. The average Bonchev–Trinajstić information content (AvgIpc) is 3.37. The number of rotatable bonds is 5. The number of amides is 1. The molecule has 1 amide bonds. The first kappa shape index (κ1) is 25.3. The highest BCUT2D eigenvalue weighted by molar-refractivity contribution is 14.0. The Balaban J connectivity index is 0.00000306. The smallest absolute Gasteiger partial charge is 0.289 e. The van der Waals surface area contributed by atoms with E-state index in [1.807, 2.05) is 11.1 Å². The monoisotopic (exact) mass is 566 g/mol. The molecule has 33 heavy (non-hydrogen) atoms. The third-order valence-corrected chi connectivity index (χ3v) is 6.26. The maximum Gasteiger partial charge on any atom is 0.289 e. The predicted molar refractivity (Wildman–Crippen MR) is 141 cm³/mol. The van der Waals surface area contributed by atoms with Crippen LogP contribution < -0.4 is 10.2 Å². The summed E-state index contributed by atoms with van der Waals surface area (Å²) in [6, 6.07) is 7.71. The molecule has 1 N–H and O–H groups in total. The van der Waals surface area contributed by atoms with Gasteiger partial charge in [-0.2, -0.15) is 0 Å². The Labute approximate surface area is 213 Å². The Morgan fingerprint density at radius 2 is 1.85 bits per heavy atom. The summed E-state index contributed by atoms with van der Waals surface area (Å²) in [6.07, 6.45) is 5.95. The van der Waals surface area contributed by atoms with Gasteiger partial charge in [-0.15, -0.1) is 24.0 Å². The van der Waals surface area contributed by atoms with Gasteiger partial charge in [0.1, 0.15) is 5.82 Å². The number of carbonyl (C=O) groups excluding carboxylic acids is 1. The summed E-state index contributed by atoms with van der Waals surface area (Å²) in [7, 11) is 0. The fourth-order valence-corrected chi connectivity index (χ4v) is 4.20. The van der Waals surface area contributed by atoms with Gasteiger partial charge in [-0.05, 0) is 49.4 Å². The van der Waals surface area contributed by atoms with E-state index in [2.05, 4.69) is 46.1 Å². The van der Waals surface area contributed by atoms with Gasteiger partial charge in [0.25, 0.3) is 5.91 Å². The van der Waals surface area contributed by atoms with Crippen LogP contribution in [0.25, 0.3) is 0 Å². The van der Waals surface area contributed by atoms with Crippen molar-refractivity contribution < 1.29 is 9.21 Å². The first-order valence-electron chi connectivity index (χ1n) is 11.7. The fraction of sp³-hybridized carbons (Fsp3) is 0.542. The SMILES string of the molecule is CCNC(=NCc1ccc(N2CCC(C)CC2)nc1)N1CCN(C(=O)c2ccco2)CC1.I. The Morgan fingerprint density at radius 1 is 1.12 bits per heavy atom. The first-order chi connectivity index (χ1) is 15.6. The highest BCUT2D eigenvalue weighted by Crippen LogP contribution is 2.21. The molecule has 9 heteroatoms. The quantitative estimate of drug-likeness (QED) is 0.340. The van der Waals surface area contributed by atoms with E-state index in [-0.39, 0.29) is 29.9 Å². The van der Waals surface area contributed by atoms with Crippen molar-refractivity contribution >= 4 is 41.7 Å². The molecule has 2 aliphatic rings. The Bertz CT molecular complexity index is 886. The Morgan fingerprint density at radius 3 is 2.45 bits per heavy atom. The van der Waals surface area contributed by atoms with Crippen molar-refractivity contribution in [2.24, 2.45) is 10.9 Å². The van der Waals surface area contributed by atoms with Gasteiger partial charge < -0.3 is 24.4 Å². The summed E-state index contributed by atoms with van der Waals surface area (Å²) in [6.45, 7) is 10.7. The third-order valence-electron chi connectivity index (χ3n) is 6.26. The summed E-state index contributed by atoms with van der Waals surface area (Å²) < 4.78 is 5.25. The number of carbonyl (C=O) groups is 1. The molecule has 0 aromatic carbocycles. The molecule has 2 aromatic rings. The molecular formula is C24H35IN6O2. The third kappa shape index (κ3) is 6.61. The molecule has 0 unspecified atom stereocenters. The van der Waals surface area contributed by atoms with Gasteiger partial charge in [-0.3, -0.25) is 4.79 Å². The van der Waals surface area contributed by atoms with Crippen molar-refractivity contribution in [1.82, 2.24) is 20.1 Å². The average molecular weight is 566 g/mol. The zero-order chi connectivity index (χ0) is 22.3. The number of nitrogens with one attached hydrogen (secondary N) is 1. The molecule has 0 bridgehead atoms. The number of pyridine rings is 1. The number of aliphatic imine (C=N–C) groups is 1. The second-order valence-electron chi connectivity index (χ2n) is 8.62. The van der Waals surface area contributed by atoms with Crippen LogP contribution in [-0.4, -0.2) is 72.5 Å². The van der Waals surface area contributed by atoms with Crippen LogP contribution >= 0.6 is 24.0 Å². The second kappa shape index (κ2) is 12.2. The molecule has 0 saturated carbocycles. The van der Waals surface area contributed by atoms with Crippen molar-refractivity contribution in [2.45, 2.75) is 33.2 Å². The van der Waals surface area contributed by atoms with Gasteiger partial charge in [0.05, 0.1) is 12.8 Å². The lowest BCUT2D eigenvalue weighted by Gasteiger charge is -2.36. The van der Waals surface area contributed by atoms with Crippen molar-refractivity contribution in [3.05, 3.63) is 48.0 Å². The van der Waals surface area contributed by atoms with E-state index < -0.39 is 0 Å². The largest absolute Gasteiger partial charge is 0.459 e. The Hall–Kier alpha value is -2.30. The number of halogens is 1. The van der Waals surface area contributed by atoms with Crippen molar-refractivity contribution in [3.63, 3.8) is 0 Å². The maximum atomic E-state index is 12.5. The molecule has 2 aromatic heterocycles. The highest BCUT2D eigenvalue weighted by atomic mass is 127. The van der Waals surface area contributed by atoms with Crippen LogP contribution in [0, 0.1) is 5.92 Å². The number of piperazine rings is 1. The topological polar surface area (TPSA) is 77.2 Å². The summed E-state index contributed by atoms with van der Waals surface area (Å²) in [5, 5.41) is 3.39. The van der Waals surface area contributed by atoms with Crippen molar-refractivity contribution in [1.29, 1.82) is 0 Å². The lowest BCUT2D eigenvalue weighted by Crippen LogP contribution is -2.53. The van der Waals surface area contributed by atoms with E-state index in [0.29, 0.717) is 25.4 Å². The maximum absolute atomic E-state index is 12.5. The highest BCUT2D eigenvalue weighted by Gasteiger charge is 2.25. The number of anilines is 1. The summed E-state index contributed by atoms with van der Waals surface area (Å²) >= 11 is 0. The van der Waals surface area contributed by atoms with Crippen LogP contribution in [0.15, 0.2) is 46.1 Å². The van der Waals surface area contributed by atoms with E-state index >= 15 is 0 Å².